The van der Waals surface area contributed by atoms with Gasteiger partial charge in [-0.15, -0.1) is 0 Å². The van der Waals surface area contributed by atoms with Crippen molar-refractivity contribution in [3.05, 3.63) is 53.2 Å². The first kappa shape index (κ1) is 25.6. The molecule has 1 aromatic heterocycles. The predicted octanol–water partition coefficient (Wildman–Crippen LogP) is 5.59. The number of fused-ring (bicyclic) bond motifs is 1. The van der Waals surface area contributed by atoms with Crippen LogP contribution in [0.4, 0.5) is 5.69 Å². The lowest BCUT2D eigenvalue weighted by Crippen LogP contribution is -2.41. The molecule has 2 heterocycles. The number of anilines is 1. The molecule has 0 unspecified atom stereocenters. The molecule has 0 saturated carbocycles. The van der Waals surface area contributed by atoms with E-state index in [2.05, 4.69) is 28.1 Å². The summed E-state index contributed by atoms with van der Waals surface area (Å²) in [5, 5.41) is 5.55. The quantitative estimate of drug-likeness (QED) is 0.369. The van der Waals surface area contributed by atoms with E-state index < -0.39 is 0 Å². The number of para-hydroxylation sites is 1. The van der Waals surface area contributed by atoms with Crippen LogP contribution in [0.1, 0.15) is 25.1 Å². The molecule has 1 fully saturated rings. The third kappa shape index (κ3) is 6.19. The Morgan fingerprint density at radius 1 is 1.14 bits per heavy atom. The highest BCUT2D eigenvalue weighted by atomic mass is 35.5. The van der Waals surface area contributed by atoms with Crippen LogP contribution in [0.5, 0.6) is 11.5 Å². The standard InChI is InChI=1S/C26H32ClN3O4S/c1-18(23-16-19-6-4-7-22(31-2)25(19)34-23)30(11-5-10-29-12-14-33-15-13-29)26(35)28-21-9-8-20(27)17-24(21)32-3/h4,6-9,16-18H,5,10-15H2,1-3H3,(H,28,35)/t18-/m0/s1. The first-order valence-electron chi connectivity index (χ1n) is 11.8. The van der Waals surface area contributed by atoms with E-state index in [4.69, 9.17) is 42.4 Å². The summed E-state index contributed by atoms with van der Waals surface area (Å²) in [4.78, 5) is 4.59. The molecule has 0 bridgehead atoms. The maximum Gasteiger partial charge on any atom is 0.176 e. The van der Waals surface area contributed by atoms with Crippen LogP contribution < -0.4 is 14.8 Å². The Labute approximate surface area is 216 Å². The summed E-state index contributed by atoms with van der Waals surface area (Å²) in [6, 6.07) is 13.3. The molecule has 1 atom stereocenters. The lowest BCUT2D eigenvalue weighted by molar-refractivity contribution is 0.0365. The zero-order chi connectivity index (χ0) is 24.8. The molecule has 1 N–H and O–H groups in total. The van der Waals surface area contributed by atoms with E-state index in [9.17, 15) is 0 Å². The molecule has 3 aromatic rings. The zero-order valence-electron chi connectivity index (χ0n) is 20.4. The fourth-order valence-corrected chi connectivity index (χ4v) is 4.81. The number of hydrogen-bond donors (Lipinski definition) is 1. The Balaban J connectivity index is 1.55. The summed E-state index contributed by atoms with van der Waals surface area (Å²) in [5.41, 5.74) is 1.50. The number of furan rings is 1. The van der Waals surface area contributed by atoms with Crippen LogP contribution >= 0.6 is 23.8 Å². The van der Waals surface area contributed by atoms with Crippen molar-refractivity contribution in [3.8, 4) is 11.5 Å². The third-order valence-corrected chi connectivity index (χ3v) is 6.84. The highest BCUT2D eigenvalue weighted by Gasteiger charge is 2.24. The SMILES string of the molecule is COc1cc(Cl)ccc1NC(=S)N(CCCN1CCOCC1)[C@@H](C)c1cc2cccc(OC)c2o1. The highest BCUT2D eigenvalue weighted by molar-refractivity contribution is 7.80. The Hall–Kier alpha value is -2.52. The number of methoxy groups -OCH3 is 2. The van der Waals surface area contributed by atoms with E-state index in [0.29, 0.717) is 21.6 Å². The average Bonchev–Trinajstić information content (AvgIpc) is 3.32. The molecule has 1 aliphatic rings. The van der Waals surface area contributed by atoms with Crippen LogP contribution in [0.2, 0.25) is 5.02 Å². The van der Waals surface area contributed by atoms with Crippen molar-refractivity contribution in [1.29, 1.82) is 0 Å². The minimum atomic E-state index is -0.102. The Morgan fingerprint density at radius 3 is 2.66 bits per heavy atom. The van der Waals surface area contributed by atoms with Crippen LogP contribution in [-0.2, 0) is 4.74 Å². The fourth-order valence-electron chi connectivity index (χ4n) is 4.29. The third-order valence-electron chi connectivity index (χ3n) is 6.27. The summed E-state index contributed by atoms with van der Waals surface area (Å²) in [6.45, 7) is 7.34. The van der Waals surface area contributed by atoms with Crippen LogP contribution in [0.3, 0.4) is 0 Å². The van der Waals surface area contributed by atoms with Crippen LogP contribution in [0.25, 0.3) is 11.0 Å². The van der Waals surface area contributed by atoms with Gasteiger partial charge in [-0.1, -0.05) is 23.7 Å². The summed E-state index contributed by atoms with van der Waals surface area (Å²) in [6.07, 6.45) is 0.952. The van der Waals surface area contributed by atoms with Gasteiger partial charge in [0.2, 0.25) is 0 Å². The van der Waals surface area contributed by atoms with Gasteiger partial charge in [-0.2, -0.15) is 0 Å². The summed E-state index contributed by atoms with van der Waals surface area (Å²) in [5.74, 6) is 2.17. The van der Waals surface area contributed by atoms with Crippen LogP contribution in [-0.4, -0.2) is 68.5 Å². The number of nitrogens with zero attached hydrogens (tertiary/aromatic N) is 2. The Bertz CT molecular complexity index is 1150. The molecule has 9 heteroatoms. The first-order valence-corrected chi connectivity index (χ1v) is 12.6. The van der Waals surface area contributed by atoms with E-state index in [1.807, 2.05) is 30.3 Å². The molecule has 0 amide bonds. The maximum absolute atomic E-state index is 6.27. The summed E-state index contributed by atoms with van der Waals surface area (Å²) < 4.78 is 22.7. The minimum Gasteiger partial charge on any atom is -0.495 e. The predicted molar refractivity (Wildman–Crippen MR) is 144 cm³/mol. The van der Waals surface area contributed by atoms with E-state index in [0.717, 1.165) is 68.2 Å². The topological polar surface area (TPSA) is 59.3 Å². The molecule has 1 saturated heterocycles. The normalized spacial score (nSPS) is 15.1. The van der Waals surface area contributed by atoms with Crippen molar-refractivity contribution in [2.24, 2.45) is 0 Å². The molecule has 35 heavy (non-hydrogen) atoms. The Morgan fingerprint density at radius 2 is 1.91 bits per heavy atom. The van der Waals surface area contributed by atoms with Gasteiger partial charge in [-0.3, -0.25) is 4.90 Å². The van der Waals surface area contributed by atoms with Crippen molar-refractivity contribution >= 4 is 45.6 Å². The highest BCUT2D eigenvalue weighted by Crippen LogP contribution is 2.34. The monoisotopic (exact) mass is 517 g/mol. The second-order valence-electron chi connectivity index (χ2n) is 8.48. The van der Waals surface area contributed by atoms with Gasteiger partial charge in [0.25, 0.3) is 0 Å². The molecule has 1 aliphatic heterocycles. The van der Waals surface area contributed by atoms with Gasteiger partial charge in [0.15, 0.2) is 16.4 Å². The summed E-state index contributed by atoms with van der Waals surface area (Å²) in [7, 11) is 3.27. The largest absolute Gasteiger partial charge is 0.495 e. The molecule has 7 nitrogen and oxygen atoms in total. The zero-order valence-corrected chi connectivity index (χ0v) is 22.0. The molecule has 0 radical (unpaired) electrons. The second-order valence-corrected chi connectivity index (χ2v) is 9.30. The number of morpholine rings is 1. The molecular weight excluding hydrogens is 486 g/mol. The van der Waals surface area contributed by atoms with Crippen molar-refractivity contribution < 1.29 is 18.6 Å². The van der Waals surface area contributed by atoms with Crippen molar-refractivity contribution in [1.82, 2.24) is 9.80 Å². The number of halogens is 1. The smallest absolute Gasteiger partial charge is 0.176 e. The second kappa shape index (κ2) is 11.9. The van der Waals surface area contributed by atoms with E-state index in [-0.39, 0.29) is 6.04 Å². The van der Waals surface area contributed by atoms with Gasteiger partial charge in [-0.05, 0) is 49.8 Å². The van der Waals surface area contributed by atoms with Gasteiger partial charge in [-0.25, -0.2) is 0 Å². The fraction of sp³-hybridized carbons (Fsp3) is 0.423. The molecular formula is C26H32ClN3O4S. The van der Waals surface area contributed by atoms with Crippen molar-refractivity contribution in [2.45, 2.75) is 19.4 Å². The molecule has 188 valence electrons. The number of hydrogen-bond acceptors (Lipinski definition) is 6. The van der Waals surface area contributed by atoms with Gasteiger partial charge in [0.05, 0.1) is 39.2 Å². The average molecular weight is 518 g/mol. The van der Waals surface area contributed by atoms with Crippen LogP contribution in [0, 0.1) is 0 Å². The molecule has 4 rings (SSSR count). The van der Waals surface area contributed by atoms with E-state index in [1.54, 1.807) is 20.3 Å². The first-order chi connectivity index (χ1) is 17.0. The van der Waals surface area contributed by atoms with Crippen molar-refractivity contribution in [3.63, 3.8) is 0 Å². The number of rotatable bonds is 9. The lowest BCUT2D eigenvalue weighted by Gasteiger charge is -2.32. The lowest BCUT2D eigenvalue weighted by atomic mass is 10.2. The van der Waals surface area contributed by atoms with Gasteiger partial charge in [0.1, 0.15) is 11.5 Å². The number of benzene rings is 2. The van der Waals surface area contributed by atoms with Gasteiger partial charge >= 0.3 is 0 Å². The molecule has 0 spiro atoms. The Kier molecular flexibility index (Phi) is 8.73. The molecule has 2 aromatic carbocycles. The van der Waals surface area contributed by atoms with E-state index in [1.165, 1.54) is 0 Å². The van der Waals surface area contributed by atoms with Gasteiger partial charge in [0, 0.05) is 42.7 Å². The number of ether oxygens (including phenoxy) is 3. The minimum absolute atomic E-state index is 0.102. The van der Waals surface area contributed by atoms with Gasteiger partial charge < -0.3 is 28.8 Å². The van der Waals surface area contributed by atoms with Crippen molar-refractivity contribution in [2.75, 3.05) is 58.9 Å². The van der Waals surface area contributed by atoms with Crippen LogP contribution in [0.15, 0.2) is 46.9 Å². The maximum atomic E-state index is 6.27. The number of thiocarbonyl (C=S) groups is 1. The summed E-state index contributed by atoms with van der Waals surface area (Å²) >= 11 is 12.0. The number of nitrogens with one attached hydrogen (secondary N) is 1. The van der Waals surface area contributed by atoms with E-state index >= 15 is 0 Å². The molecule has 0 aliphatic carbocycles.